The first kappa shape index (κ1) is 15.4. The van der Waals surface area contributed by atoms with Crippen molar-refractivity contribution in [2.45, 2.75) is 45.2 Å². The van der Waals surface area contributed by atoms with E-state index in [1.807, 2.05) is 45.0 Å². The number of carboxylic acid groups (broad SMARTS) is 1. The van der Waals surface area contributed by atoms with Crippen LogP contribution < -0.4 is 5.32 Å². The summed E-state index contributed by atoms with van der Waals surface area (Å²) in [6, 6.07) is 7.55. The molecule has 2 N–H and O–H groups in total. The molecule has 0 radical (unpaired) electrons. The van der Waals surface area contributed by atoms with Gasteiger partial charge in [0.1, 0.15) is 6.04 Å². The molecule has 0 saturated heterocycles. The first-order valence-electron chi connectivity index (χ1n) is 7.17. The number of rotatable bonds is 4. The second kappa shape index (κ2) is 5.76. The highest BCUT2D eigenvalue weighted by Gasteiger charge is 2.34. The third-order valence-electron chi connectivity index (χ3n) is 3.69. The van der Waals surface area contributed by atoms with Crippen molar-refractivity contribution in [3.05, 3.63) is 29.8 Å². The third kappa shape index (κ3) is 3.54. The number of amides is 1. The van der Waals surface area contributed by atoms with E-state index >= 15 is 0 Å². The Labute approximate surface area is 125 Å². The minimum absolute atomic E-state index is 0.0390. The number of para-hydroxylation sites is 1. The Kier molecular flexibility index (Phi) is 4.21. The average Bonchev–Trinajstić information content (AvgIpc) is 2.80. The van der Waals surface area contributed by atoms with E-state index in [0.717, 1.165) is 11.3 Å². The summed E-state index contributed by atoms with van der Waals surface area (Å²) in [6.45, 7) is 6.00. The van der Waals surface area contributed by atoms with Gasteiger partial charge in [-0.15, -0.1) is 0 Å². The molecule has 0 aromatic heterocycles. The molecule has 0 fully saturated rings. The summed E-state index contributed by atoms with van der Waals surface area (Å²) in [5.74, 6) is -0.931. The molecule has 1 aliphatic rings. The highest BCUT2D eigenvalue weighted by Crippen LogP contribution is 2.27. The van der Waals surface area contributed by atoms with Crippen LogP contribution >= 0.6 is 0 Å². The van der Waals surface area contributed by atoms with Gasteiger partial charge in [-0.3, -0.25) is 9.59 Å². The van der Waals surface area contributed by atoms with Crippen molar-refractivity contribution >= 4 is 17.6 Å². The van der Waals surface area contributed by atoms with Gasteiger partial charge in [0.2, 0.25) is 5.91 Å². The van der Waals surface area contributed by atoms with Crippen LogP contribution in [0.2, 0.25) is 0 Å². The fourth-order valence-corrected chi connectivity index (χ4v) is 2.62. The lowest BCUT2D eigenvalue weighted by molar-refractivity contribution is -0.141. The van der Waals surface area contributed by atoms with Gasteiger partial charge in [-0.2, -0.15) is 0 Å². The zero-order valence-corrected chi connectivity index (χ0v) is 12.7. The van der Waals surface area contributed by atoms with Gasteiger partial charge in [0.15, 0.2) is 0 Å². The van der Waals surface area contributed by atoms with Gasteiger partial charge >= 0.3 is 5.97 Å². The Bertz CT molecular complexity index is 524. The zero-order chi connectivity index (χ0) is 15.6. The molecule has 1 heterocycles. The van der Waals surface area contributed by atoms with E-state index in [2.05, 4.69) is 5.32 Å². The third-order valence-corrected chi connectivity index (χ3v) is 3.69. The number of nitrogens with zero attached hydrogens (tertiary/aromatic N) is 1. The van der Waals surface area contributed by atoms with Gasteiger partial charge in [0.05, 0.1) is 6.42 Å². The maximum Gasteiger partial charge on any atom is 0.305 e. The summed E-state index contributed by atoms with van der Waals surface area (Å²) >= 11 is 0. The Balaban J connectivity index is 2.11. The fraction of sp³-hybridized carbons (Fsp3) is 0.500. The number of carbonyl (C=O) groups is 2. The Morgan fingerprint density at radius 2 is 2.00 bits per heavy atom. The SMILES string of the molecule is CC(C)(C)N(CCC(=O)O)C(=O)[C@@H]1Cc2ccccc2N1. The van der Waals surface area contributed by atoms with Crippen molar-refractivity contribution in [2.75, 3.05) is 11.9 Å². The molecule has 5 nitrogen and oxygen atoms in total. The predicted molar refractivity (Wildman–Crippen MR) is 81.3 cm³/mol. The standard InChI is InChI=1S/C16H22N2O3/c1-16(2,3)18(9-8-14(19)20)15(21)13-10-11-6-4-5-7-12(11)17-13/h4-7,13,17H,8-10H2,1-3H3,(H,19,20)/t13-/m0/s1. The smallest absolute Gasteiger partial charge is 0.305 e. The lowest BCUT2D eigenvalue weighted by atomic mass is 10.0. The van der Waals surface area contributed by atoms with Crippen LogP contribution in [0.3, 0.4) is 0 Å². The summed E-state index contributed by atoms with van der Waals surface area (Å²) in [6.07, 6.45) is 0.608. The summed E-state index contributed by atoms with van der Waals surface area (Å²) in [7, 11) is 0. The molecule has 1 amide bonds. The molecule has 1 aliphatic heterocycles. The summed E-state index contributed by atoms with van der Waals surface area (Å²) in [5.41, 5.74) is 1.72. The number of carbonyl (C=O) groups excluding carboxylic acids is 1. The van der Waals surface area contributed by atoms with E-state index in [4.69, 9.17) is 5.11 Å². The van der Waals surface area contributed by atoms with E-state index in [1.165, 1.54) is 0 Å². The minimum Gasteiger partial charge on any atom is -0.481 e. The van der Waals surface area contributed by atoms with Gasteiger partial charge in [-0.1, -0.05) is 18.2 Å². The molecular formula is C16H22N2O3. The van der Waals surface area contributed by atoms with Gasteiger partial charge < -0.3 is 15.3 Å². The van der Waals surface area contributed by atoms with E-state index in [0.29, 0.717) is 6.42 Å². The number of aliphatic carboxylic acids is 1. The molecule has 0 bridgehead atoms. The summed E-state index contributed by atoms with van der Waals surface area (Å²) < 4.78 is 0. The number of anilines is 1. The van der Waals surface area contributed by atoms with Gasteiger partial charge in [0, 0.05) is 24.2 Å². The predicted octanol–water partition coefficient (Wildman–Crippen LogP) is 2.12. The van der Waals surface area contributed by atoms with Crippen molar-refractivity contribution in [1.29, 1.82) is 0 Å². The normalized spacial score (nSPS) is 17.0. The monoisotopic (exact) mass is 290 g/mol. The highest BCUT2D eigenvalue weighted by molar-refractivity contribution is 5.88. The quantitative estimate of drug-likeness (QED) is 0.891. The van der Waals surface area contributed by atoms with Crippen LogP contribution in [-0.4, -0.2) is 40.0 Å². The lowest BCUT2D eigenvalue weighted by Crippen LogP contribution is -2.52. The maximum absolute atomic E-state index is 12.7. The highest BCUT2D eigenvalue weighted by atomic mass is 16.4. The largest absolute Gasteiger partial charge is 0.481 e. The van der Waals surface area contributed by atoms with Crippen LogP contribution in [0.15, 0.2) is 24.3 Å². The fourth-order valence-electron chi connectivity index (χ4n) is 2.62. The second-order valence-corrected chi connectivity index (χ2v) is 6.36. The Morgan fingerprint density at radius 3 is 2.57 bits per heavy atom. The first-order valence-corrected chi connectivity index (χ1v) is 7.17. The van der Waals surface area contributed by atoms with Crippen molar-refractivity contribution in [3.63, 3.8) is 0 Å². The molecule has 1 atom stereocenters. The number of hydrogen-bond acceptors (Lipinski definition) is 3. The molecule has 1 aromatic carbocycles. The topological polar surface area (TPSA) is 69.6 Å². The Hall–Kier alpha value is -2.04. The van der Waals surface area contributed by atoms with Gasteiger partial charge in [0.25, 0.3) is 0 Å². The van der Waals surface area contributed by atoms with Crippen LogP contribution in [0, 0.1) is 0 Å². The van der Waals surface area contributed by atoms with E-state index in [9.17, 15) is 9.59 Å². The van der Waals surface area contributed by atoms with Crippen LogP contribution in [0.5, 0.6) is 0 Å². The molecule has 0 aliphatic carbocycles. The molecule has 21 heavy (non-hydrogen) atoms. The van der Waals surface area contributed by atoms with Crippen molar-refractivity contribution in [1.82, 2.24) is 4.90 Å². The molecule has 0 spiro atoms. The molecule has 1 aromatic rings. The summed E-state index contributed by atoms with van der Waals surface area (Å²) in [5, 5.41) is 12.1. The van der Waals surface area contributed by atoms with E-state index in [1.54, 1.807) is 4.90 Å². The molecule has 0 saturated carbocycles. The van der Waals surface area contributed by atoms with E-state index < -0.39 is 11.5 Å². The number of hydrogen-bond donors (Lipinski definition) is 2. The number of carboxylic acids is 1. The maximum atomic E-state index is 12.7. The van der Waals surface area contributed by atoms with E-state index in [-0.39, 0.29) is 24.9 Å². The van der Waals surface area contributed by atoms with Crippen molar-refractivity contribution < 1.29 is 14.7 Å². The van der Waals surface area contributed by atoms with Crippen LogP contribution in [-0.2, 0) is 16.0 Å². The van der Waals surface area contributed by atoms with Crippen molar-refractivity contribution in [2.24, 2.45) is 0 Å². The van der Waals surface area contributed by atoms with Gasteiger partial charge in [-0.05, 0) is 32.4 Å². The zero-order valence-electron chi connectivity index (χ0n) is 12.7. The second-order valence-electron chi connectivity index (χ2n) is 6.36. The average molecular weight is 290 g/mol. The lowest BCUT2D eigenvalue weighted by Gasteiger charge is -2.37. The first-order chi connectivity index (χ1) is 9.79. The van der Waals surface area contributed by atoms with Gasteiger partial charge in [-0.25, -0.2) is 0 Å². The number of fused-ring (bicyclic) bond motifs is 1. The molecule has 114 valence electrons. The number of benzene rings is 1. The van der Waals surface area contributed by atoms with Crippen molar-refractivity contribution in [3.8, 4) is 0 Å². The number of nitrogens with one attached hydrogen (secondary N) is 1. The molecule has 2 rings (SSSR count). The molecular weight excluding hydrogens is 268 g/mol. The van der Waals surface area contributed by atoms with Crippen LogP contribution in [0.4, 0.5) is 5.69 Å². The Morgan fingerprint density at radius 1 is 1.33 bits per heavy atom. The molecule has 0 unspecified atom stereocenters. The molecule has 5 heteroatoms. The van der Waals surface area contributed by atoms with Crippen LogP contribution in [0.25, 0.3) is 0 Å². The minimum atomic E-state index is -0.889. The summed E-state index contributed by atoms with van der Waals surface area (Å²) in [4.78, 5) is 25.2. The van der Waals surface area contributed by atoms with Crippen LogP contribution in [0.1, 0.15) is 32.8 Å².